The molecule has 0 saturated heterocycles. The molecule has 0 atom stereocenters. The Bertz CT molecular complexity index is 4990. The third-order valence-electron chi connectivity index (χ3n) is 12.9. The molecular weight excluding hydrogens is 1880 g/mol. The van der Waals surface area contributed by atoms with E-state index in [4.69, 9.17) is 18.9 Å². The van der Waals surface area contributed by atoms with E-state index in [9.17, 15) is 108 Å². The van der Waals surface area contributed by atoms with E-state index < -0.39 is 168 Å². The molecule has 8 aromatic rings. The maximum absolute atomic E-state index is 13.9. The van der Waals surface area contributed by atoms with Gasteiger partial charge in [-0.25, -0.2) is 0 Å². The summed E-state index contributed by atoms with van der Waals surface area (Å²) in [4.78, 5) is 0. The fraction of sp³-hybridized carbons (Fsp3) is 0.231. The minimum absolute atomic E-state index is 0.0938. The first-order chi connectivity index (χ1) is 43.2. The van der Waals surface area contributed by atoms with Crippen molar-refractivity contribution in [3.8, 4) is 74.0 Å². The number of halogens is 19. The molecule has 518 valence electrons. The van der Waals surface area contributed by atoms with E-state index in [1.165, 1.54) is 35.8 Å². The minimum atomic E-state index is -7.22. The van der Waals surface area contributed by atoms with Crippen molar-refractivity contribution in [1.82, 2.24) is 0 Å². The lowest BCUT2D eigenvalue weighted by atomic mass is 9.87. The molecule has 0 aliphatic rings. The zero-order chi connectivity index (χ0) is 72.0. The Morgan fingerprint density at radius 2 is 0.568 bits per heavy atom. The van der Waals surface area contributed by atoms with Crippen molar-refractivity contribution < 1.29 is 148 Å². The van der Waals surface area contributed by atoms with Crippen LogP contribution in [0.2, 0.25) is 0 Å². The number of hydrogen-bond acceptors (Lipinski definition) is 19. The fourth-order valence-electron chi connectivity index (χ4n) is 9.09. The van der Waals surface area contributed by atoms with Crippen LogP contribution < -0.4 is 39.9 Å². The zero-order valence-electron chi connectivity index (χ0n) is 47.4. The topological polar surface area (TPSA) is 254 Å². The Labute approximate surface area is 580 Å². The smallest absolute Gasteiger partial charge is 0.496 e. The molecule has 19 nitrogen and oxygen atoms in total. The molecule has 0 aliphatic carbocycles. The first kappa shape index (κ1) is 77.0. The van der Waals surface area contributed by atoms with Crippen molar-refractivity contribution in [2.75, 3.05) is 28.4 Å². The van der Waals surface area contributed by atoms with E-state index in [1.807, 2.05) is 0 Å². The lowest BCUT2D eigenvalue weighted by Crippen LogP contribution is -2.29. The van der Waals surface area contributed by atoms with Gasteiger partial charge in [0.2, 0.25) is 0 Å². The summed E-state index contributed by atoms with van der Waals surface area (Å²) < 4.78 is 378. The summed E-state index contributed by atoms with van der Waals surface area (Å²) in [6.07, 6.45) is 0. The number of alkyl halides is 15. The van der Waals surface area contributed by atoms with Crippen molar-refractivity contribution in [2.24, 2.45) is 0 Å². The van der Waals surface area contributed by atoms with Crippen LogP contribution in [0.5, 0.6) is 51.7 Å². The highest BCUT2D eigenvalue weighted by Gasteiger charge is 2.54. The van der Waals surface area contributed by atoms with Gasteiger partial charge in [0.1, 0.15) is 23.0 Å². The molecule has 0 fully saturated rings. The standard InChI is InChI=1S/C30H19F15O17S5.C22H14I4O2/c1-10-6-11(2)24(61-66(52,53)29(40,41)42)22-16(59-64(48,49)27(34,35)36)8-13(56-4)19(18(10)22)20-14(57-5)9-17(60-65(50,51)28(37,38)39)23-21(20)15(58-63(46,47)26(31,32)33)7-12(3)25(23)62-67(54,55)30(43,44)45;1-27-19-9-17(25)15-7-11(23)3-5-13(15)21(19)22-14-6-4-12(24)8-16(14)18(26)10-20(22)28-2/h6-9H,1-5H3;3-10H,1-2H3. The molecule has 0 bridgehead atoms. The fourth-order valence-corrected chi connectivity index (χ4v) is 14.0. The molecule has 0 saturated carbocycles. The molecule has 8 rings (SSSR count). The molecular formula is C52H33F15I4O19S5. The molecule has 95 heavy (non-hydrogen) atoms. The highest BCUT2D eigenvalue weighted by molar-refractivity contribution is 14.1. The Balaban J connectivity index is 0.000000374. The summed E-state index contributed by atoms with van der Waals surface area (Å²) >= 11 is 9.51. The SMILES string of the molecule is COc1cc(I)c2cc(I)ccc2c1-c1c(OC)cc(I)c2cc(I)ccc12.COc1cc(OS(=O)(=O)C(F)(F)F)c2c(OS(=O)(=O)C(F)(F)F)c(C)cc(C)c2c1-c1c(OC)cc(OS(=O)(=O)C(F)(F)F)c2c(OS(=O)(=O)C(F)(F)F)c(C)cc(OS(=O)(=O)C(F)(F)F)c12. The number of rotatable bonds is 16. The van der Waals surface area contributed by atoms with E-state index in [2.05, 4.69) is 160 Å². The molecule has 0 radical (unpaired) electrons. The first-order valence-electron chi connectivity index (χ1n) is 24.5. The second kappa shape index (κ2) is 26.7. The summed E-state index contributed by atoms with van der Waals surface area (Å²) in [5, 5.41) is -2.23. The van der Waals surface area contributed by atoms with Crippen molar-refractivity contribution in [2.45, 2.75) is 48.3 Å². The molecule has 0 aliphatic heterocycles. The molecule has 0 amide bonds. The Kier molecular flexibility index (Phi) is 21.6. The normalized spacial score (nSPS) is 13.2. The van der Waals surface area contributed by atoms with Gasteiger partial charge in [0.15, 0.2) is 28.7 Å². The van der Waals surface area contributed by atoms with Gasteiger partial charge in [-0.3, -0.25) is 0 Å². The van der Waals surface area contributed by atoms with Gasteiger partial charge in [-0.2, -0.15) is 108 Å². The summed E-state index contributed by atoms with van der Waals surface area (Å²) in [7, 11) is -31.4. The highest BCUT2D eigenvalue weighted by Crippen LogP contribution is 2.59. The van der Waals surface area contributed by atoms with Gasteiger partial charge in [-0.15, -0.1) is 0 Å². The third kappa shape index (κ3) is 15.0. The van der Waals surface area contributed by atoms with Gasteiger partial charge in [-0.1, -0.05) is 18.2 Å². The largest absolute Gasteiger partial charge is 0.534 e. The first-order valence-corrected chi connectivity index (χ1v) is 35.9. The predicted molar refractivity (Wildman–Crippen MR) is 343 cm³/mol. The van der Waals surface area contributed by atoms with Crippen LogP contribution >= 0.6 is 90.4 Å². The van der Waals surface area contributed by atoms with Gasteiger partial charge in [0.05, 0.1) is 39.2 Å². The Hall–Kier alpha value is -5.38. The number of methoxy groups -OCH3 is 4. The van der Waals surface area contributed by atoms with E-state index >= 15 is 0 Å². The van der Waals surface area contributed by atoms with Crippen molar-refractivity contribution >= 4 is 184 Å². The predicted octanol–water partition coefficient (Wildman–Crippen LogP) is 15.8. The summed E-state index contributed by atoms with van der Waals surface area (Å²) in [6.45, 7) is 1.76. The molecule has 0 heterocycles. The molecule has 0 unspecified atom stereocenters. The van der Waals surface area contributed by atoms with Gasteiger partial charge in [0.25, 0.3) is 0 Å². The van der Waals surface area contributed by atoms with E-state index in [0.717, 1.165) is 29.5 Å². The van der Waals surface area contributed by atoms with E-state index in [-0.39, 0.29) is 18.2 Å². The van der Waals surface area contributed by atoms with Crippen molar-refractivity contribution in [1.29, 1.82) is 0 Å². The van der Waals surface area contributed by atoms with Crippen LogP contribution in [0, 0.1) is 35.1 Å². The summed E-state index contributed by atoms with van der Waals surface area (Å²) in [5.41, 5.74) is -36.4. The molecule has 0 N–H and O–H groups in total. The number of fused-ring (bicyclic) bond motifs is 4. The van der Waals surface area contributed by atoms with Crippen LogP contribution in [0.1, 0.15) is 16.7 Å². The van der Waals surface area contributed by atoms with Gasteiger partial charge in [-0.05, 0) is 192 Å². The maximum atomic E-state index is 13.9. The third-order valence-corrected chi connectivity index (χ3v) is 20.8. The molecule has 0 spiro atoms. The monoisotopic (exact) mass is 1910 g/mol. The van der Waals surface area contributed by atoms with Gasteiger partial charge < -0.3 is 39.9 Å². The summed E-state index contributed by atoms with van der Waals surface area (Å²) in [5.74, 6) is -11.2. The zero-order valence-corrected chi connectivity index (χ0v) is 60.1. The lowest BCUT2D eigenvalue weighted by Gasteiger charge is -2.25. The lowest BCUT2D eigenvalue weighted by molar-refractivity contribution is -0.0506. The van der Waals surface area contributed by atoms with Crippen molar-refractivity contribution in [3.63, 3.8) is 0 Å². The van der Waals surface area contributed by atoms with Gasteiger partial charge >= 0.3 is 78.1 Å². The van der Waals surface area contributed by atoms with E-state index in [0.29, 0.717) is 34.1 Å². The average molecular weight is 1910 g/mol. The number of ether oxygens (including phenoxy) is 4. The highest BCUT2D eigenvalue weighted by atomic mass is 127. The second-order valence-corrected chi connectivity index (χ2v) is 31.4. The van der Waals surface area contributed by atoms with Gasteiger partial charge in [0, 0.05) is 59.4 Å². The Morgan fingerprint density at radius 1 is 0.295 bits per heavy atom. The average Bonchev–Trinajstić information content (AvgIpc) is 0.713. The van der Waals surface area contributed by atoms with Crippen LogP contribution in [-0.4, -0.2) is 98.1 Å². The molecule has 8 aromatic carbocycles. The summed E-state index contributed by atoms with van der Waals surface area (Å²) in [6, 6.07) is 17.5. The second-order valence-electron chi connectivity index (χ2n) is 18.9. The quantitative estimate of drug-likeness (QED) is 0.0377. The maximum Gasteiger partial charge on any atom is 0.534 e. The van der Waals surface area contributed by atoms with Crippen LogP contribution in [0.3, 0.4) is 0 Å². The van der Waals surface area contributed by atoms with Crippen LogP contribution in [0.25, 0.3) is 65.3 Å². The van der Waals surface area contributed by atoms with E-state index in [1.54, 1.807) is 14.2 Å². The van der Waals surface area contributed by atoms with Crippen LogP contribution in [0.4, 0.5) is 65.9 Å². The van der Waals surface area contributed by atoms with Crippen molar-refractivity contribution in [3.05, 3.63) is 104 Å². The number of hydrogen-bond donors (Lipinski definition) is 0. The number of aryl methyl sites for hydroxylation is 3. The number of benzene rings is 8. The van der Waals surface area contributed by atoms with Crippen LogP contribution in [0.15, 0.2) is 72.8 Å². The minimum Gasteiger partial charge on any atom is -0.496 e. The Morgan fingerprint density at radius 3 is 0.884 bits per heavy atom. The van der Waals surface area contributed by atoms with Crippen LogP contribution in [-0.2, 0) is 50.6 Å². The molecule has 0 aromatic heterocycles. The molecule has 43 heteroatoms.